The van der Waals surface area contributed by atoms with Crippen LogP contribution in [0.3, 0.4) is 0 Å². The van der Waals surface area contributed by atoms with E-state index in [0.29, 0.717) is 13.0 Å². The Morgan fingerprint density at radius 2 is 1.85 bits per heavy atom. The number of para-hydroxylation sites is 1. The van der Waals surface area contributed by atoms with Crippen LogP contribution in [-0.2, 0) is 24.3 Å². The first-order chi connectivity index (χ1) is 12.6. The van der Waals surface area contributed by atoms with Crippen LogP contribution in [-0.4, -0.2) is 32.8 Å². The fourth-order valence-corrected chi connectivity index (χ4v) is 3.98. The van der Waals surface area contributed by atoms with Gasteiger partial charge in [0.25, 0.3) is 5.91 Å². The predicted octanol–water partition coefficient (Wildman–Crippen LogP) is 3.20. The largest absolute Gasteiger partial charge is 0.357 e. The fraction of sp³-hybridized carbons (Fsp3) is 0.200. The molecule has 2 aliphatic rings. The van der Waals surface area contributed by atoms with Crippen molar-refractivity contribution in [3.8, 4) is 0 Å². The Balaban J connectivity index is 1.46. The van der Waals surface area contributed by atoms with Gasteiger partial charge in [-0.25, -0.2) is 9.18 Å². The Hall–Kier alpha value is -3.15. The van der Waals surface area contributed by atoms with Crippen LogP contribution in [0.4, 0.5) is 9.18 Å². The second kappa shape index (κ2) is 5.42. The van der Waals surface area contributed by atoms with Crippen molar-refractivity contribution >= 4 is 22.8 Å². The third-order valence-electron chi connectivity index (χ3n) is 5.29. The summed E-state index contributed by atoms with van der Waals surface area (Å²) in [5.74, 6) is -0.522. The topological polar surface area (TPSA) is 56.4 Å². The van der Waals surface area contributed by atoms with Crippen molar-refractivity contribution in [1.29, 1.82) is 0 Å². The molecule has 3 heterocycles. The summed E-state index contributed by atoms with van der Waals surface area (Å²) in [7, 11) is 0. The summed E-state index contributed by atoms with van der Waals surface area (Å²) < 4.78 is 13.1. The number of aromatic amines is 1. The highest BCUT2D eigenvalue weighted by molar-refractivity contribution is 6.05. The second-order valence-corrected chi connectivity index (χ2v) is 6.81. The molecule has 1 saturated heterocycles. The molecule has 0 spiro atoms. The lowest BCUT2D eigenvalue weighted by molar-refractivity contribution is -0.128. The van der Waals surface area contributed by atoms with Gasteiger partial charge in [0.1, 0.15) is 11.9 Å². The molecule has 0 saturated carbocycles. The molecule has 3 amide bonds. The van der Waals surface area contributed by atoms with E-state index in [-0.39, 0.29) is 24.3 Å². The number of carbonyl (C=O) groups is 2. The van der Waals surface area contributed by atoms with Crippen molar-refractivity contribution in [3.05, 3.63) is 71.2 Å². The first-order valence-electron chi connectivity index (χ1n) is 8.57. The van der Waals surface area contributed by atoms with Crippen molar-refractivity contribution < 1.29 is 14.0 Å². The summed E-state index contributed by atoms with van der Waals surface area (Å²) in [6.45, 7) is 0.568. The molecule has 1 fully saturated rings. The lowest BCUT2D eigenvalue weighted by Crippen LogP contribution is -2.39. The van der Waals surface area contributed by atoms with Gasteiger partial charge in [0.15, 0.2) is 0 Å². The molecule has 0 aliphatic carbocycles. The number of nitrogens with zero attached hydrogens (tertiary/aromatic N) is 2. The van der Waals surface area contributed by atoms with E-state index in [0.717, 1.165) is 27.7 Å². The Kier molecular flexibility index (Phi) is 3.16. The molecular weight excluding hydrogens is 333 g/mol. The maximum absolute atomic E-state index is 13.1. The zero-order chi connectivity index (χ0) is 17.8. The van der Waals surface area contributed by atoms with Gasteiger partial charge in [0.05, 0.1) is 13.1 Å². The molecule has 0 unspecified atom stereocenters. The lowest BCUT2D eigenvalue weighted by atomic mass is 9.97. The van der Waals surface area contributed by atoms with Gasteiger partial charge in [-0.1, -0.05) is 30.3 Å². The van der Waals surface area contributed by atoms with Gasteiger partial charge in [-0.05, 0) is 29.3 Å². The van der Waals surface area contributed by atoms with E-state index in [1.807, 2.05) is 24.3 Å². The van der Waals surface area contributed by atoms with Crippen molar-refractivity contribution in [2.45, 2.75) is 25.6 Å². The molecule has 0 radical (unpaired) electrons. The number of nitrogens with one attached hydrogen (secondary N) is 1. The zero-order valence-electron chi connectivity index (χ0n) is 13.9. The second-order valence-electron chi connectivity index (χ2n) is 6.81. The molecule has 0 bridgehead atoms. The maximum atomic E-state index is 13.1. The van der Waals surface area contributed by atoms with Crippen molar-refractivity contribution in [3.63, 3.8) is 0 Å². The van der Waals surface area contributed by atoms with Crippen molar-refractivity contribution in [2.75, 3.05) is 0 Å². The number of rotatable bonds is 2. The normalized spacial score (nSPS) is 19.2. The Labute approximate surface area is 149 Å². The molecule has 26 heavy (non-hydrogen) atoms. The van der Waals surface area contributed by atoms with Crippen LogP contribution in [0.25, 0.3) is 10.9 Å². The molecule has 3 aromatic rings. The van der Waals surface area contributed by atoms with Crippen molar-refractivity contribution in [2.24, 2.45) is 0 Å². The molecule has 1 N–H and O–H groups in total. The molecule has 1 aromatic heterocycles. The van der Waals surface area contributed by atoms with Gasteiger partial charge >= 0.3 is 6.03 Å². The van der Waals surface area contributed by atoms with Gasteiger partial charge in [0, 0.05) is 23.0 Å². The average molecular weight is 349 g/mol. The average Bonchev–Trinajstić information content (AvgIpc) is 3.12. The van der Waals surface area contributed by atoms with Gasteiger partial charge in [-0.2, -0.15) is 0 Å². The molecule has 6 heteroatoms. The van der Waals surface area contributed by atoms with Gasteiger partial charge in [0.2, 0.25) is 0 Å². The summed E-state index contributed by atoms with van der Waals surface area (Å²) in [6, 6.07) is 13.1. The van der Waals surface area contributed by atoms with Crippen LogP contribution in [0, 0.1) is 5.82 Å². The van der Waals surface area contributed by atoms with E-state index < -0.39 is 6.04 Å². The van der Waals surface area contributed by atoms with Crippen LogP contribution in [0.5, 0.6) is 0 Å². The molecule has 2 aliphatic heterocycles. The van der Waals surface area contributed by atoms with Crippen LogP contribution in [0.1, 0.15) is 16.8 Å². The number of benzene rings is 2. The summed E-state index contributed by atoms with van der Waals surface area (Å²) in [6.07, 6.45) is 0.518. The van der Waals surface area contributed by atoms with E-state index in [4.69, 9.17) is 0 Å². The van der Waals surface area contributed by atoms with Gasteiger partial charge in [-0.3, -0.25) is 9.69 Å². The van der Waals surface area contributed by atoms with E-state index >= 15 is 0 Å². The monoisotopic (exact) mass is 349 g/mol. The van der Waals surface area contributed by atoms with Crippen LogP contribution in [0.15, 0.2) is 48.5 Å². The highest BCUT2D eigenvalue weighted by Gasteiger charge is 2.47. The standard InChI is InChI=1S/C20H16FN3O2/c21-13-7-5-12(6-8-13)10-24-19(25)18-9-15-14-3-1-2-4-16(14)22-17(15)11-23(18)20(24)26/h1-8,18,22H,9-11H2/t18-/m0/s1. The van der Waals surface area contributed by atoms with Gasteiger partial charge < -0.3 is 9.88 Å². The predicted molar refractivity (Wildman–Crippen MR) is 93.7 cm³/mol. The highest BCUT2D eigenvalue weighted by Crippen LogP contribution is 2.34. The maximum Gasteiger partial charge on any atom is 0.328 e. The summed E-state index contributed by atoms with van der Waals surface area (Å²) in [4.78, 5) is 31.9. The number of hydrogen-bond acceptors (Lipinski definition) is 2. The Morgan fingerprint density at radius 1 is 1.08 bits per heavy atom. The van der Waals surface area contributed by atoms with E-state index in [9.17, 15) is 14.0 Å². The van der Waals surface area contributed by atoms with Crippen LogP contribution < -0.4 is 0 Å². The summed E-state index contributed by atoms with van der Waals surface area (Å²) in [5, 5.41) is 1.11. The number of carbonyl (C=O) groups excluding carboxylic acids is 2. The minimum atomic E-state index is -0.463. The highest BCUT2D eigenvalue weighted by atomic mass is 19.1. The zero-order valence-corrected chi connectivity index (χ0v) is 13.9. The third-order valence-corrected chi connectivity index (χ3v) is 5.29. The van der Waals surface area contributed by atoms with Gasteiger partial charge in [-0.15, -0.1) is 0 Å². The molecule has 5 nitrogen and oxygen atoms in total. The SMILES string of the molecule is O=C1[C@@H]2Cc3c([nH]c4ccccc34)CN2C(=O)N1Cc1ccc(F)cc1. The number of aromatic nitrogens is 1. The molecule has 1 atom stereocenters. The minimum Gasteiger partial charge on any atom is -0.357 e. The Morgan fingerprint density at radius 3 is 2.65 bits per heavy atom. The molecule has 130 valence electrons. The number of H-pyrrole nitrogens is 1. The number of amides is 3. The number of hydrogen-bond donors (Lipinski definition) is 1. The number of fused-ring (bicyclic) bond motifs is 4. The summed E-state index contributed by atoms with van der Waals surface area (Å²) in [5.41, 5.74) is 3.87. The molecule has 5 rings (SSSR count). The first kappa shape index (κ1) is 15.1. The van der Waals surface area contributed by atoms with E-state index in [1.165, 1.54) is 17.0 Å². The molecule has 2 aromatic carbocycles. The third kappa shape index (κ3) is 2.15. The number of urea groups is 1. The number of halogens is 1. The smallest absolute Gasteiger partial charge is 0.328 e. The van der Waals surface area contributed by atoms with Crippen LogP contribution >= 0.6 is 0 Å². The number of imide groups is 1. The first-order valence-corrected chi connectivity index (χ1v) is 8.57. The lowest BCUT2D eigenvalue weighted by Gasteiger charge is -2.26. The minimum absolute atomic E-state index is 0.166. The summed E-state index contributed by atoms with van der Waals surface area (Å²) >= 11 is 0. The molecular formula is C20H16FN3O2. The van der Waals surface area contributed by atoms with Crippen molar-refractivity contribution in [1.82, 2.24) is 14.8 Å². The van der Waals surface area contributed by atoms with E-state index in [1.54, 1.807) is 17.0 Å². The Bertz CT molecular complexity index is 1040. The fourth-order valence-electron chi connectivity index (χ4n) is 3.98. The van der Waals surface area contributed by atoms with E-state index in [2.05, 4.69) is 4.98 Å². The quantitative estimate of drug-likeness (QED) is 0.723. The van der Waals surface area contributed by atoms with Crippen LogP contribution in [0.2, 0.25) is 0 Å².